The van der Waals surface area contributed by atoms with E-state index in [0.29, 0.717) is 41.3 Å². The van der Waals surface area contributed by atoms with Gasteiger partial charge in [-0.15, -0.1) is 0 Å². The van der Waals surface area contributed by atoms with E-state index in [0.717, 1.165) is 47.9 Å². The summed E-state index contributed by atoms with van der Waals surface area (Å²) in [4.78, 5) is 15.7. The Morgan fingerprint density at radius 3 is 2.83 bits per heavy atom. The summed E-state index contributed by atoms with van der Waals surface area (Å²) in [7, 11) is 0. The molecule has 0 radical (unpaired) electrons. The molecule has 0 bridgehead atoms. The first-order valence-electron chi connectivity index (χ1n) is 11.8. The van der Waals surface area contributed by atoms with Gasteiger partial charge in [-0.3, -0.25) is 0 Å². The Morgan fingerprint density at radius 1 is 1.14 bits per heavy atom. The molecule has 0 spiro atoms. The summed E-state index contributed by atoms with van der Waals surface area (Å²) >= 11 is 12.6. The number of benzene rings is 2. The van der Waals surface area contributed by atoms with E-state index in [1.165, 1.54) is 0 Å². The Hall–Kier alpha value is -2.94. The molecule has 10 heteroatoms. The molecule has 3 heterocycles. The lowest BCUT2D eigenvalue weighted by Gasteiger charge is -2.23. The number of ether oxygens (including phenoxy) is 1. The highest BCUT2D eigenvalue weighted by molar-refractivity contribution is 6.42. The lowest BCUT2D eigenvalue weighted by Crippen LogP contribution is -2.28. The number of hydrogen-bond acceptors (Lipinski definition) is 7. The molecule has 1 aliphatic heterocycles. The van der Waals surface area contributed by atoms with E-state index in [9.17, 15) is 0 Å². The quantitative estimate of drug-likeness (QED) is 0.347. The standard InChI is InChI=1S/C25H27Cl2N7O/c1-2-33(12-11-16-6-5-7-19(26)22(16)27)25-31-23(30-24(28)32-25)17-9-10-18-15-29-34(20(18)14-17)21-8-3-4-13-35-21/h5-7,9-10,14-15,21H,2-4,8,11-13H2,1H3,(H2,28,30,31,32). The maximum Gasteiger partial charge on any atom is 0.230 e. The normalized spacial score (nSPS) is 16.0. The van der Waals surface area contributed by atoms with E-state index in [1.807, 2.05) is 48.1 Å². The number of anilines is 2. The van der Waals surface area contributed by atoms with Crippen LogP contribution in [0.25, 0.3) is 22.3 Å². The second kappa shape index (κ2) is 10.4. The topological polar surface area (TPSA) is 95.0 Å². The van der Waals surface area contributed by atoms with Gasteiger partial charge in [0.05, 0.1) is 21.8 Å². The first kappa shape index (κ1) is 23.8. The minimum atomic E-state index is -0.0515. The fourth-order valence-corrected chi connectivity index (χ4v) is 4.79. The summed E-state index contributed by atoms with van der Waals surface area (Å²) in [5.41, 5.74) is 8.92. The van der Waals surface area contributed by atoms with Crippen LogP contribution in [0, 0.1) is 0 Å². The molecule has 2 aromatic heterocycles. The largest absolute Gasteiger partial charge is 0.368 e. The van der Waals surface area contributed by atoms with E-state index in [2.05, 4.69) is 20.0 Å². The monoisotopic (exact) mass is 511 g/mol. The highest BCUT2D eigenvalue weighted by Gasteiger charge is 2.20. The van der Waals surface area contributed by atoms with Crippen LogP contribution < -0.4 is 10.6 Å². The predicted molar refractivity (Wildman–Crippen MR) is 140 cm³/mol. The number of likely N-dealkylation sites (N-methyl/N-ethyl adjacent to an activating group) is 1. The van der Waals surface area contributed by atoms with Crippen LogP contribution in [-0.2, 0) is 11.2 Å². The lowest BCUT2D eigenvalue weighted by molar-refractivity contribution is -0.0366. The SMILES string of the molecule is CCN(CCc1cccc(Cl)c1Cl)c1nc(N)nc(-c2ccc3cnn(C4CCCCO4)c3c2)n1. The molecule has 8 nitrogen and oxygen atoms in total. The van der Waals surface area contributed by atoms with Crippen LogP contribution in [0.2, 0.25) is 10.0 Å². The van der Waals surface area contributed by atoms with E-state index in [-0.39, 0.29) is 12.2 Å². The molecule has 5 rings (SSSR count). The van der Waals surface area contributed by atoms with E-state index < -0.39 is 0 Å². The summed E-state index contributed by atoms with van der Waals surface area (Å²) in [6.07, 6.45) is 5.68. The molecule has 1 atom stereocenters. The number of nitrogens with zero attached hydrogens (tertiary/aromatic N) is 6. The third-order valence-corrected chi connectivity index (χ3v) is 7.13. The maximum absolute atomic E-state index is 6.38. The number of halogens is 2. The van der Waals surface area contributed by atoms with Crippen LogP contribution in [0.5, 0.6) is 0 Å². The van der Waals surface area contributed by atoms with E-state index in [4.69, 9.17) is 38.7 Å². The van der Waals surface area contributed by atoms with Crippen LogP contribution in [0.15, 0.2) is 42.6 Å². The molecular weight excluding hydrogens is 485 g/mol. The van der Waals surface area contributed by atoms with Gasteiger partial charge in [-0.25, -0.2) is 4.68 Å². The molecule has 1 aliphatic rings. The van der Waals surface area contributed by atoms with Crippen LogP contribution in [-0.4, -0.2) is 44.4 Å². The molecule has 182 valence electrons. The van der Waals surface area contributed by atoms with Gasteiger partial charge in [0.2, 0.25) is 11.9 Å². The molecule has 4 aromatic rings. The second-order valence-corrected chi connectivity index (χ2v) is 9.33. The average Bonchev–Trinajstić information content (AvgIpc) is 3.30. The Balaban J connectivity index is 1.43. The Bertz CT molecular complexity index is 1340. The fourth-order valence-electron chi connectivity index (χ4n) is 4.37. The Labute approximate surface area is 214 Å². The van der Waals surface area contributed by atoms with Gasteiger partial charge < -0.3 is 15.4 Å². The van der Waals surface area contributed by atoms with Gasteiger partial charge >= 0.3 is 0 Å². The third-order valence-electron chi connectivity index (χ3n) is 6.27. The first-order chi connectivity index (χ1) is 17.0. The van der Waals surface area contributed by atoms with Gasteiger partial charge in [0, 0.05) is 30.6 Å². The summed E-state index contributed by atoms with van der Waals surface area (Å²) in [5, 5.41) is 6.75. The minimum absolute atomic E-state index is 0.0515. The minimum Gasteiger partial charge on any atom is -0.368 e. The predicted octanol–water partition coefficient (Wildman–Crippen LogP) is 5.55. The number of rotatable bonds is 7. The zero-order valence-electron chi connectivity index (χ0n) is 19.5. The van der Waals surface area contributed by atoms with E-state index in [1.54, 1.807) is 6.07 Å². The van der Waals surface area contributed by atoms with Crippen molar-refractivity contribution in [3.63, 3.8) is 0 Å². The zero-order valence-corrected chi connectivity index (χ0v) is 21.0. The number of nitrogens with two attached hydrogens (primary N) is 1. The summed E-state index contributed by atoms with van der Waals surface area (Å²) in [5.74, 6) is 1.22. The number of hydrogen-bond donors (Lipinski definition) is 1. The van der Waals surface area contributed by atoms with Gasteiger partial charge in [0.25, 0.3) is 0 Å². The van der Waals surface area contributed by atoms with Crippen LogP contribution >= 0.6 is 23.2 Å². The molecular formula is C25H27Cl2N7O. The fraction of sp³-hybridized carbons (Fsp3) is 0.360. The first-order valence-corrected chi connectivity index (χ1v) is 12.6. The molecule has 1 unspecified atom stereocenters. The van der Waals surface area contributed by atoms with Crippen LogP contribution in [0.4, 0.5) is 11.9 Å². The Morgan fingerprint density at radius 2 is 2.03 bits per heavy atom. The van der Waals surface area contributed by atoms with Gasteiger partial charge in [-0.05, 0) is 50.3 Å². The van der Waals surface area contributed by atoms with Gasteiger partial charge in [0.15, 0.2) is 12.1 Å². The summed E-state index contributed by atoms with van der Waals surface area (Å²) in [6, 6.07) is 11.7. The summed E-state index contributed by atoms with van der Waals surface area (Å²) < 4.78 is 7.91. The number of nitrogen functional groups attached to an aromatic ring is 1. The molecule has 35 heavy (non-hydrogen) atoms. The van der Waals surface area contributed by atoms with Crippen molar-refractivity contribution in [2.45, 2.75) is 38.8 Å². The molecule has 0 aliphatic carbocycles. The maximum atomic E-state index is 6.38. The van der Waals surface area contributed by atoms with Gasteiger partial charge in [-0.1, -0.05) is 47.5 Å². The molecule has 0 amide bonds. The van der Waals surface area contributed by atoms with Crippen molar-refractivity contribution in [3.8, 4) is 11.4 Å². The zero-order chi connectivity index (χ0) is 24.4. The molecule has 1 fully saturated rings. The summed E-state index contributed by atoms with van der Waals surface area (Å²) in [6.45, 7) is 4.16. The number of aromatic nitrogens is 5. The molecule has 2 N–H and O–H groups in total. The van der Waals surface area contributed by atoms with Crippen molar-refractivity contribution in [2.75, 3.05) is 30.3 Å². The van der Waals surface area contributed by atoms with Crippen molar-refractivity contribution in [1.82, 2.24) is 24.7 Å². The lowest BCUT2D eigenvalue weighted by atomic mass is 10.1. The van der Waals surface area contributed by atoms with E-state index >= 15 is 0 Å². The van der Waals surface area contributed by atoms with Crippen molar-refractivity contribution in [2.24, 2.45) is 0 Å². The molecule has 0 saturated carbocycles. The Kier molecular flexibility index (Phi) is 7.04. The van der Waals surface area contributed by atoms with Gasteiger partial charge in [0.1, 0.15) is 0 Å². The second-order valence-electron chi connectivity index (χ2n) is 8.54. The van der Waals surface area contributed by atoms with Crippen molar-refractivity contribution >= 4 is 46.0 Å². The molecule has 1 saturated heterocycles. The average molecular weight is 512 g/mol. The van der Waals surface area contributed by atoms with Crippen molar-refractivity contribution < 1.29 is 4.74 Å². The van der Waals surface area contributed by atoms with Crippen LogP contribution in [0.1, 0.15) is 38.0 Å². The van der Waals surface area contributed by atoms with Crippen molar-refractivity contribution in [1.29, 1.82) is 0 Å². The van der Waals surface area contributed by atoms with Crippen LogP contribution in [0.3, 0.4) is 0 Å². The van der Waals surface area contributed by atoms with Crippen molar-refractivity contribution in [3.05, 3.63) is 58.2 Å². The van der Waals surface area contributed by atoms with Gasteiger partial charge in [-0.2, -0.15) is 20.1 Å². The number of fused-ring (bicyclic) bond motifs is 1. The highest BCUT2D eigenvalue weighted by atomic mass is 35.5. The third kappa shape index (κ3) is 5.05. The highest BCUT2D eigenvalue weighted by Crippen LogP contribution is 2.30. The smallest absolute Gasteiger partial charge is 0.230 e. The molecule has 2 aromatic carbocycles.